The highest BCUT2D eigenvalue weighted by Gasteiger charge is 2.30. The van der Waals surface area contributed by atoms with Gasteiger partial charge in [0, 0.05) is 51.4 Å². The Morgan fingerprint density at radius 2 is 2.05 bits per heavy atom. The van der Waals surface area contributed by atoms with Gasteiger partial charge in [0.1, 0.15) is 0 Å². The predicted octanol–water partition coefficient (Wildman–Crippen LogP) is 0.717. The fourth-order valence-corrected chi connectivity index (χ4v) is 3.94. The summed E-state index contributed by atoms with van der Waals surface area (Å²) in [5.41, 5.74) is 3.00. The van der Waals surface area contributed by atoms with Gasteiger partial charge in [-0.15, -0.1) is 0 Å². The lowest BCUT2D eigenvalue weighted by Crippen LogP contribution is -2.59. The fraction of sp³-hybridized carbons (Fsp3) is 0.647. The van der Waals surface area contributed by atoms with Gasteiger partial charge in [-0.1, -0.05) is 24.3 Å². The van der Waals surface area contributed by atoms with Crippen molar-refractivity contribution in [2.45, 2.75) is 25.0 Å². The van der Waals surface area contributed by atoms with E-state index in [0.29, 0.717) is 12.1 Å². The largest absolute Gasteiger partial charge is 0.378 e. The number of fused-ring (bicyclic) bond motifs is 2. The molecule has 0 aromatic heterocycles. The second-order valence-electron chi connectivity index (χ2n) is 6.57. The van der Waals surface area contributed by atoms with E-state index < -0.39 is 0 Å². The molecule has 4 nitrogen and oxygen atoms in total. The number of ether oxygens (including phenoxy) is 1. The maximum absolute atomic E-state index is 5.64. The Bertz CT molecular complexity index is 493. The summed E-state index contributed by atoms with van der Waals surface area (Å²) in [6.45, 7) is 8.71. The molecule has 3 aliphatic rings. The lowest BCUT2D eigenvalue weighted by atomic mass is 9.95. The minimum atomic E-state index is 0.593. The topological polar surface area (TPSA) is 27.7 Å². The highest BCUT2D eigenvalue weighted by molar-refractivity contribution is 5.30. The van der Waals surface area contributed by atoms with Gasteiger partial charge in [0.05, 0.1) is 13.2 Å². The van der Waals surface area contributed by atoms with Gasteiger partial charge in [0.2, 0.25) is 0 Å². The third kappa shape index (κ3) is 2.99. The van der Waals surface area contributed by atoms with E-state index in [1.54, 1.807) is 0 Å². The van der Waals surface area contributed by atoms with Crippen molar-refractivity contribution in [3.05, 3.63) is 35.4 Å². The summed E-state index contributed by atoms with van der Waals surface area (Å²) in [5.74, 6) is 0. The van der Waals surface area contributed by atoms with E-state index in [-0.39, 0.29) is 0 Å². The highest BCUT2D eigenvalue weighted by atomic mass is 16.5. The van der Waals surface area contributed by atoms with Crippen LogP contribution in [0.3, 0.4) is 0 Å². The molecule has 3 aliphatic heterocycles. The summed E-state index contributed by atoms with van der Waals surface area (Å²) in [7, 11) is 0. The van der Waals surface area contributed by atoms with Gasteiger partial charge in [0.15, 0.2) is 0 Å². The van der Waals surface area contributed by atoms with Crippen LogP contribution in [0.2, 0.25) is 0 Å². The Morgan fingerprint density at radius 3 is 3.00 bits per heavy atom. The molecule has 0 radical (unpaired) electrons. The molecular formula is C17H25N3O. The van der Waals surface area contributed by atoms with Crippen LogP contribution in [0.25, 0.3) is 0 Å². The van der Waals surface area contributed by atoms with Crippen LogP contribution in [0, 0.1) is 0 Å². The zero-order valence-electron chi connectivity index (χ0n) is 12.6. The van der Waals surface area contributed by atoms with Crippen molar-refractivity contribution < 1.29 is 4.74 Å². The summed E-state index contributed by atoms with van der Waals surface area (Å²) >= 11 is 0. The van der Waals surface area contributed by atoms with E-state index in [0.717, 1.165) is 32.7 Å². The van der Waals surface area contributed by atoms with Gasteiger partial charge >= 0.3 is 0 Å². The van der Waals surface area contributed by atoms with Gasteiger partial charge in [-0.3, -0.25) is 9.80 Å². The number of rotatable bonds is 2. The van der Waals surface area contributed by atoms with E-state index in [2.05, 4.69) is 39.4 Å². The maximum atomic E-state index is 5.64. The molecule has 0 aliphatic carbocycles. The molecule has 1 N–H and O–H groups in total. The highest BCUT2D eigenvalue weighted by Crippen LogP contribution is 2.19. The van der Waals surface area contributed by atoms with Crippen molar-refractivity contribution in [3.63, 3.8) is 0 Å². The molecule has 2 saturated heterocycles. The first-order chi connectivity index (χ1) is 10.4. The molecule has 0 bridgehead atoms. The first-order valence-corrected chi connectivity index (χ1v) is 8.23. The Labute approximate surface area is 127 Å². The molecule has 21 heavy (non-hydrogen) atoms. The standard InChI is InChI=1S/C17H25N3O/c1-2-4-15-10-18-16(9-14(15)3-1)11-19-5-6-20-7-8-21-13-17(20)12-19/h1-4,16-18H,5-13H2/t16-,17+/m0/s1. The third-order valence-corrected chi connectivity index (χ3v) is 5.17. The Kier molecular flexibility index (Phi) is 3.95. The Morgan fingerprint density at radius 1 is 1.14 bits per heavy atom. The number of benzene rings is 1. The first-order valence-electron chi connectivity index (χ1n) is 8.23. The second-order valence-corrected chi connectivity index (χ2v) is 6.57. The van der Waals surface area contributed by atoms with Gasteiger partial charge in [-0.2, -0.15) is 0 Å². The molecule has 0 amide bonds. The fourth-order valence-electron chi connectivity index (χ4n) is 3.94. The van der Waals surface area contributed by atoms with E-state index >= 15 is 0 Å². The van der Waals surface area contributed by atoms with E-state index in [9.17, 15) is 0 Å². The zero-order chi connectivity index (χ0) is 14.1. The van der Waals surface area contributed by atoms with Gasteiger partial charge < -0.3 is 10.1 Å². The second kappa shape index (κ2) is 6.05. The van der Waals surface area contributed by atoms with Crippen LogP contribution >= 0.6 is 0 Å². The molecule has 0 unspecified atom stereocenters. The van der Waals surface area contributed by atoms with Crippen LogP contribution in [0.1, 0.15) is 11.1 Å². The monoisotopic (exact) mass is 287 g/mol. The zero-order valence-corrected chi connectivity index (χ0v) is 12.6. The lowest BCUT2D eigenvalue weighted by Gasteiger charge is -2.44. The number of piperazine rings is 1. The van der Waals surface area contributed by atoms with E-state index in [1.165, 1.54) is 37.3 Å². The maximum Gasteiger partial charge on any atom is 0.0634 e. The molecule has 3 heterocycles. The normalized spacial score (nSPS) is 30.7. The Balaban J connectivity index is 1.35. The summed E-state index contributed by atoms with van der Waals surface area (Å²) in [4.78, 5) is 5.23. The smallest absolute Gasteiger partial charge is 0.0634 e. The first kappa shape index (κ1) is 13.7. The molecular weight excluding hydrogens is 262 g/mol. The minimum absolute atomic E-state index is 0.593. The number of nitrogens with zero attached hydrogens (tertiary/aromatic N) is 2. The molecule has 1 aromatic carbocycles. The molecule has 4 heteroatoms. The average Bonchev–Trinajstić information content (AvgIpc) is 2.55. The third-order valence-electron chi connectivity index (χ3n) is 5.17. The molecule has 114 valence electrons. The van der Waals surface area contributed by atoms with Crippen molar-refractivity contribution in [1.82, 2.24) is 15.1 Å². The van der Waals surface area contributed by atoms with Crippen molar-refractivity contribution in [2.75, 3.05) is 45.9 Å². The molecule has 2 atom stereocenters. The van der Waals surface area contributed by atoms with Crippen LogP contribution in [0.5, 0.6) is 0 Å². The van der Waals surface area contributed by atoms with E-state index in [1.807, 2.05) is 0 Å². The molecule has 1 aromatic rings. The van der Waals surface area contributed by atoms with Crippen molar-refractivity contribution in [3.8, 4) is 0 Å². The van der Waals surface area contributed by atoms with Crippen LogP contribution < -0.4 is 5.32 Å². The predicted molar refractivity (Wildman–Crippen MR) is 83.4 cm³/mol. The molecule has 4 rings (SSSR count). The Hall–Kier alpha value is -0.940. The van der Waals surface area contributed by atoms with Gasteiger partial charge in [-0.25, -0.2) is 0 Å². The summed E-state index contributed by atoms with van der Waals surface area (Å²) in [5, 5.41) is 3.71. The average molecular weight is 287 g/mol. The van der Waals surface area contributed by atoms with Crippen molar-refractivity contribution >= 4 is 0 Å². The van der Waals surface area contributed by atoms with Crippen LogP contribution in [0.4, 0.5) is 0 Å². The van der Waals surface area contributed by atoms with Gasteiger partial charge in [0.25, 0.3) is 0 Å². The quantitative estimate of drug-likeness (QED) is 0.867. The SMILES string of the molecule is c1ccc2c(c1)CN[C@H](CN1CCN3CCOC[C@H]3C1)C2. The summed E-state index contributed by atoms with van der Waals surface area (Å²) in [6, 6.07) is 10.1. The molecule has 0 spiro atoms. The number of hydrogen-bond donors (Lipinski definition) is 1. The summed E-state index contributed by atoms with van der Waals surface area (Å²) in [6.07, 6.45) is 1.16. The van der Waals surface area contributed by atoms with Crippen LogP contribution in [0.15, 0.2) is 24.3 Å². The minimum Gasteiger partial charge on any atom is -0.378 e. The number of nitrogens with one attached hydrogen (secondary N) is 1. The molecule has 2 fully saturated rings. The lowest BCUT2D eigenvalue weighted by molar-refractivity contribution is -0.0460. The van der Waals surface area contributed by atoms with Crippen molar-refractivity contribution in [1.29, 1.82) is 0 Å². The van der Waals surface area contributed by atoms with Gasteiger partial charge in [-0.05, 0) is 17.5 Å². The van der Waals surface area contributed by atoms with Crippen molar-refractivity contribution in [2.24, 2.45) is 0 Å². The van der Waals surface area contributed by atoms with E-state index in [4.69, 9.17) is 4.74 Å². The van der Waals surface area contributed by atoms with Crippen LogP contribution in [-0.2, 0) is 17.7 Å². The number of hydrogen-bond acceptors (Lipinski definition) is 4. The number of morpholine rings is 1. The molecule has 0 saturated carbocycles. The van der Waals surface area contributed by atoms with Crippen LogP contribution in [-0.4, -0.2) is 67.8 Å². The summed E-state index contributed by atoms with van der Waals surface area (Å²) < 4.78 is 5.64.